The van der Waals surface area contributed by atoms with E-state index < -0.39 is 21.4 Å². The quantitative estimate of drug-likeness (QED) is 0.742. The Morgan fingerprint density at radius 2 is 1.88 bits per heavy atom. The molecule has 9 nitrogen and oxygen atoms in total. The second-order valence-corrected chi connectivity index (χ2v) is 9.11. The lowest BCUT2D eigenvalue weighted by atomic mass is 9.92. The molecule has 1 aromatic rings. The van der Waals surface area contributed by atoms with Gasteiger partial charge in [-0.1, -0.05) is 5.16 Å². The number of amides is 1. The molecule has 26 heavy (non-hydrogen) atoms. The van der Waals surface area contributed by atoms with Gasteiger partial charge in [0.2, 0.25) is 15.9 Å². The maximum atomic E-state index is 12.8. The number of rotatable bonds is 6. The highest BCUT2D eigenvalue weighted by Crippen LogP contribution is 2.27. The number of aryl methyl sites for hydroxylation is 2. The molecule has 0 unspecified atom stereocenters. The zero-order valence-electron chi connectivity index (χ0n) is 15.4. The minimum atomic E-state index is -3.71. The van der Waals surface area contributed by atoms with Crippen LogP contribution in [0.4, 0.5) is 0 Å². The lowest BCUT2D eigenvalue weighted by Gasteiger charge is -2.31. The maximum Gasteiger partial charge on any atom is 0.310 e. The van der Waals surface area contributed by atoms with Crippen LogP contribution in [0.25, 0.3) is 0 Å². The third-order valence-electron chi connectivity index (χ3n) is 4.67. The van der Waals surface area contributed by atoms with Crippen LogP contribution in [0.2, 0.25) is 0 Å². The summed E-state index contributed by atoms with van der Waals surface area (Å²) >= 11 is 0. The van der Waals surface area contributed by atoms with Gasteiger partial charge in [-0.15, -0.1) is 0 Å². The van der Waals surface area contributed by atoms with E-state index in [4.69, 9.17) is 9.63 Å². The molecule has 0 radical (unpaired) electrons. The number of carbonyl (C=O) groups is 2. The molecule has 0 bridgehead atoms. The molecular formula is C16H25N3O6S. The zero-order valence-corrected chi connectivity index (χ0v) is 16.2. The molecule has 0 saturated carbocycles. The van der Waals surface area contributed by atoms with Crippen LogP contribution in [0, 0.1) is 25.2 Å². The highest BCUT2D eigenvalue weighted by Gasteiger charge is 2.36. The Morgan fingerprint density at radius 3 is 2.35 bits per heavy atom. The fourth-order valence-corrected chi connectivity index (χ4v) is 4.62. The van der Waals surface area contributed by atoms with E-state index in [0.29, 0.717) is 18.5 Å². The summed E-state index contributed by atoms with van der Waals surface area (Å²) in [4.78, 5) is 23.4. The summed E-state index contributed by atoms with van der Waals surface area (Å²) < 4.78 is 31.8. The number of piperidine rings is 1. The van der Waals surface area contributed by atoms with Crippen molar-refractivity contribution in [1.29, 1.82) is 0 Å². The van der Waals surface area contributed by atoms with E-state index in [1.807, 2.05) is 0 Å². The van der Waals surface area contributed by atoms with Crippen LogP contribution >= 0.6 is 0 Å². The van der Waals surface area contributed by atoms with E-state index in [9.17, 15) is 18.0 Å². The molecule has 2 rings (SSSR count). The summed E-state index contributed by atoms with van der Waals surface area (Å²) in [5, 5.41) is 15.4. The first-order valence-electron chi connectivity index (χ1n) is 8.41. The van der Waals surface area contributed by atoms with Gasteiger partial charge < -0.3 is 14.9 Å². The topological polar surface area (TPSA) is 130 Å². The molecule has 1 fully saturated rings. The number of aromatic nitrogens is 1. The number of nitrogens with one attached hydrogen (secondary N) is 1. The van der Waals surface area contributed by atoms with Gasteiger partial charge in [0.15, 0.2) is 5.76 Å². The average molecular weight is 387 g/mol. The number of nitrogens with zero attached hydrogens (tertiary/aromatic N) is 2. The van der Waals surface area contributed by atoms with Crippen LogP contribution in [0.3, 0.4) is 0 Å². The second kappa shape index (κ2) is 7.36. The monoisotopic (exact) mass is 387 g/mol. The largest absolute Gasteiger partial charge is 0.481 e. The fourth-order valence-electron chi connectivity index (χ4n) is 2.86. The number of carboxylic acid groups (broad SMARTS) is 1. The lowest BCUT2D eigenvalue weighted by molar-refractivity contribution is -0.147. The summed E-state index contributed by atoms with van der Waals surface area (Å²) in [6.45, 7) is 6.66. The van der Waals surface area contributed by atoms with Gasteiger partial charge in [-0.25, -0.2) is 8.42 Å². The molecule has 1 aromatic heterocycles. The van der Waals surface area contributed by atoms with Crippen LogP contribution in [0.1, 0.15) is 38.1 Å². The Labute approximate surface area is 152 Å². The first kappa shape index (κ1) is 20.4. The van der Waals surface area contributed by atoms with Crippen LogP contribution in [0.5, 0.6) is 0 Å². The summed E-state index contributed by atoms with van der Waals surface area (Å²) in [5.74, 6) is -1.32. The maximum absolute atomic E-state index is 12.8. The SMILES string of the molecule is Cc1noc(C)c1S(=O)(=O)N1CCC(C(=O)NCC(C)(C)C(=O)O)CC1. The van der Waals surface area contributed by atoms with Gasteiger partial charge in [0.05, 0.1) is 5.41 Å². The summed E-state index contributed by atoms with van der Waals surface area (Å²) in [6, 6.07) is 0. The number of hydrogen-bond acceptors (Lipinski definition) is 6. The van der Waals surface area contributed by atoms with Crippen LogP contribution in [0.15, 0.2) is 9.42 Å². The van der Waals surface area contributed by atoms with Gasteiger partial charge >= 0.3 is 5.97 Å². The van der Waals surface area contributed by atoms with Crippen molar-refractivity contribution in [2.24, 2.45) is 11.3 Å². The first-order chi connectivity index (χ1) is 12.0. The zero-order chi connectivity index (χ0) is 19.7. The van der Waals surface area contributed by atoms with Gasteiger partial charge in [0.25, 0.3) is 0 Å². The second-order valence-electron chi connectivity index (χ2n) is 7.24. The summed E-state index contributed by atoms with van der Waals surface area (Å²) in [7, 11) is -3.71. The minimum absolute atomic E-state index is 0.0265. The highest BCUT2D eigenvalue weighted by molar-refractivity contribution is 7.89. The van der Waals surface area contributed by atoms with Crippen molar-refractivity contribution in [2.75, 3.05) is 19.6 Å². The molecular weight excluding hydrogens is 362 g/mol. The van der Waals surface area contributed by atoms with E-state index in [1.54, 1.807) is 13.8 Å². The van der Waals surface area contributed by atoms with Crippen molar-refractivity contribution in [3.05, 3.63) is 11.5 Å². The summed E-state index contributed by atoms with van der Waals surface area (Å²) in [5.41, 5.74) is -0.735. The van der Waals surface area contributed by atoms with Crippen molar-refractivity contribution in [3.63, 3.8) is 0 Å². The van der Waals surface area contributed by atoms with E-state index in [2.05, 4.69) is 10.5 Å². The van der Waals surface area contributed by atoms with Gasteiger partial charge in [-0.3, -0.25) is 9.59 Å². The Kier molecular flexibility index (Phi) is 5.76. The number of aliphatic carboxylic acids is 1. The summed E-state index contributed by atoms with van der Waals surface area (Å²) in [6.07, 6.45) is 0.754. The van der Waals surface area contributed by atoms with Crippen molar-refractivity contribution < 1.29 is 27.6 Å². The number of hydrogen-bond donors (Lipinski definition) is 2. The van der Waals surface area contributed by atoms with E-state index in [0.717, 1.165) is 0 Å². The Morgan fingerprint density at radius 1 is 1.31 bits per heavy atom. The molecule has 146 valence electrons. The molecule has 1 aliphatic heterocycles. The van der Waals surface area contributed by atoms with Crippen molar-refractivity contribution in [3.8, 4) is 0 Å². The van der Waals surface area contributed by atoms with E-state index in [-0.39, 0.29) is 42.1 Å². The highest BCUT2D eigenvalue weighted by atomic mass is 32.2. The van der Waals surface area contributed by atoms with E-state index >= 15 is 0 Å². The van der Waals surface area contributed by atoms with Gasteiger partial charge in [0.1, 0.15) is 10.6 Å². The average Bonchev–Trinajstić information content (AvgIpc) is 2.92. The van der Waals surface area contributed by atoms with Crippen LogP contribution in [-0.4, -0.2) is 54.5 Å². The predicted octanol–water partition coefficient (Wildman–Crippen LogP) is 0.919. The normalized spacial score (nSPS) is 17.2. The fraction of sp³-hybridized carbons (Fsp3) is 0.688. The predicted molar refractivity (Wildman–Crippen MR) is 91.9 cm³/mol. The van der Waals surface area contributed by atoms with Crippen molar-refractivity contribution in [2.45, 2.75) is 45.4 Å². The molecule has 1 saturated heterocycles. The molecule has 1 amide bonds. The standard InChI is InChI=1S/C16H25N3O6S/c1-10-13(11(2)25-18-10)26(23,24)19-7-5-12(6-8-19)14(20)17-9-16(3,4)15(21)22/h12H,5-9H2,1-4H3,(H,17,20)(H,21,22). The third-order valence-corrected chi connectivity index (χ3v) is 6.82. The Balaban J connectivity index is 1.97. The molecule has 2 N–H and O–H groups in total. The van der Waals surface area contributed by atoms with Crippen molar-refractivity contribution >= 4 is 21.9 Å². The van der Waals surface area contributed by atoms with Gasteiger partial charge in [-0.2, -0.15) is 4.31 Å². The van der Waals surface area contributed by atoms with Gasteiger partial charge in [0, 0.05) is 25.6 Å². The number of carboxylic acids is 1. The number of carbonyl (C=O) groups excluding carboxylic acids is 1. The van der Waals surface area contributed by atoms with Crippen LogP contribution < -0.4 is 5.32 Å². The number of sulfonamides is 1. The smallest absolute Gasteiger partial charge is 0.310 e. The lowest BCUT2D eigenvalue weighted by Crippen LogP contribution is -2.45. The molecule has 0 aliphatic carbocycles. The Bertz CT molecular complexity index is 771. The molecule has 10 heteroatoms. The third kappa shape index (κ3) is 4.07. The first-order valence-corrected chi connectivity index (χ1v) is 9.85. The van der Waals surface area contributed by atoms with Crippen LogP contribution in [-0.2, 0) is 19.6 Å². The molecule has 1 aliphatic rings. The van der Waals surface area contributed by atoms with E-state index in [1.165, 1.54) is 18.2 Å². The Hall–Kier alpha value is -1.94. The molecule has 2 heterocycles. The molecule has 0 aromatic carbocycles. The molecule has 0 atom stereocenters. The minimum Gasteiger partial charge on any atom is -0.481 e. The molecule has 0 spiro atoms. The van der Waals surface area contributed by atoms with Gasteiger partial charge in [-0.05, 0) is 40.5 Å². The van der Waals surface area contributed by atoms with Crippen molar-refractivity contribution in [1.82, 2.24) is 14.8 Å².